The van der Waals surface area contributed by atoms with E-state index in [1.54, 1.807) is 0 Å². The van der Waals surface area contributed by atoms with Gasteiger partial charge in [0.1, 0.15) is 17.1 Å². The lowest BCUT2D eigenvalue weighted by atomic mass is 9.91. The number of carbonyl (C=O) groups is 1. The zero-order valence-electron chi connectivity index (χ0n) is 18.9. The van der Waals surface area contributed by atoms with Crippen molar-refractivity contribution in [3.63, 3.8) is 0 Å². The minimum absolute atomic E-state index is 0.218. The molecule has 4 rings (SSSR count). The first kappa shape index (κ1) is 22.4. The Balaban J connectivity index is 1.81. The Hall–Kier alpha value is -2.79. The van der Waals surface area contributed by atoms with Crippen molar-refractivity contribution in [2.45, 2.75) is 40.0 Å². The van der Waals surface area contributed by atoms with Gasteiger partial charge in [-0.05, 0) is 88.3 Å². The molecule has 0 fully saturated rings. The van der Waals surface area contributed by atoms with E-state index in [2.05, 4.69) is 72.2 Å². The Morgan fingerprint density at radius 3 is 2.66 bits per heavy atom. The normalized spacial score (nSPS) is 11.3. The van der Waals surface area contributed by atoms with Gasteiger partial charge in [-0.15, -0.1) is 0 Å². The van der Waals surface area contributed by atoms with E-state index in [9.17, 15) is 4.79 Å². The number of aryl methyl sites for hydroxylation is 3. The Labute approximate surface area is 196 Å². The minimum Gasteiger partial charge on any atom is -0.492 e. The SMILES string of the molecule is CCc1cc(-c2c3ccccc3cc3oc(C)c(C)c23)cc(Br)c1OCCCC(=O)OC. The summed E-state index contributed by atoms with van der Waals surface area (Å²) in [5.74, 6) is 1.55. The van der Waals surface area contributed by atoms with Gasteiger partial charge in [0.05, 0.1) is 18.2 Å². The van der Waals surface area contributed by atoms with E-state index in [0.717, 1.165) is 55.4 Å². The molecule has 0 bridgehead atoms. The molecule has 1 heterocycles. The molecule has 0 spiro atoms. The molecule has 1 aromatic heterocycles. The molecule has 0 atom stereocenters. The second kappa shape index (κ2) is 9.37. The minimum atomic E-state index is -0.218. The molecule has 0 saturated heterocycles. The molecule has 0 aliphatic rings. The summed E-state index contributed by atoms with van der Waals surface area (Å²) < 4.78 is 17.8. The summed E-state index contributed by atoms with van der Waals surface area (Å²) in [6.45, 7) is 6.72. The van der Waals surface area contributed by atoms with E-state index >= 15 is 0 Å². The molecule has 4 aromatic rings. The van der Waals surface area contributed by atoms with Crippen molar-refractivity contribution < 1.29 is 18.7 Å². The largest absolute Gasteiger partial charge is 0.492 e. The van der Waals surface area contributed by atoms with Gasteiger partial charge in [-0.2, -0.15) is 0 Å². The molecule has 32 heavy (non-hydrogen) atoms. The van der Waals surface area contributed by atoms with Crippen LogP contribution in [-0.4, -0.2) is 19.7 Å². The molecule has 0 N–H and O–H groups in total. The predicted molar refractivity (Wildman–Crippen MR) is 132 cm³/mol. The topological polar surface area (TPSA) is 48.7 Å². The molecule has 0 aliphatic heterocycles. The van der Waals surface area contributed by atoms with Gasteiger partial charge in [0, 0.05) is 17.4 Å². The monoisotopic (exact) mass is 494 g/mol. The predicted octanol–water partition coefficient (Wildman–Crippen LogP) is 7.53. The van der Waals surface area contributed by atoms with Crippen molar-refractivity contribution in [3.05, 3.63) is 63.8 Å². The highest BCUT2D eigenvalue weighted by Gasteiger charge is 2.19. The number of halogens is 1. The van der Waals surface area contributed by atoms with Crippen LogP contribution in [-0.2, 0) is 16.0 Å². The maximum Gasteiger partial charge on any atom is 0.305 e. The number of hydrogen-bond acceptors (Lipinski definition) is 4. The average Bonchev–Trinajstić information content (AvgIpc) is 3.08. The van der Waals surface area contributed by atoms with E-state index in [1.807, 2.05) is 6.92 Å². The van der Waals surface area contributed by atoms with Crippen LogP contribution in [0.3, 0.4) is 0 Å². The van der Waals surface area contributed by atoms with Gasteiger partial charge in [-0.1, -0.05) is 31.2 Å². The fourth-order valence-corrected chi connectivity index (χ4v) is 4.82. The van der Waals surface area contributed by atoms with Crippen molar-refractivity contribution >= 4 is 43.6 Å². The van der Waals surface area contributed by atoms with Crippen LogP contribution in [0.1, 0.15) is 36.7 Å². The molecule has 166 valence electrons. The smallest absolute Gasteiger partial charge is 0.305 e. The van der Waals surface area contributed by atoms with Crippen molar-refractivity contribution in [2.75, 3.05) is 13.7 Å². The molecule has 0 unspecified atom stereocenters. The number of rotatable bonds is 7. The van der Waals surface area contributed by atoms with Crippen molar-refractivity contribution in [1.82, 2.24) is 0 Å². The molecule has 3 aromatic carbocycles. The van der Waals surface area contributed by atoms with Gasteiger partial charge < -0.3 is 13.9 Å². The van der Waals surface area contributed by atoms with Gasteiger partial charge >= 0.3 is 5.97 Å². The number of methoxy groups -OCH3 is 1. The first-order valence-electron chi connectivity index (χ1n) is 10.9. The van der Waals surface area contributed by atoms with Crippen LogP contribution in [0.2, 0.25) is 0 Å². The van der Waals surface area contributed by atoms with E-state index < -0.39 is 0 Å². The molecular weight excluding hydrogens is 468 g/mol. The summed E-state index contributed by atoms with van der Waals surface area (Å²) in [4.78, 5) is 11.4. The third-order valence-electron chi connectivity index (χ3n) is 5.97. The number of carbonyl (C=O) groups excluding carboxylic acids is 1. The van der Waals surface area contributed by atoms with Gasteiger partial charge in [0.2, 0.25) is 0 Å². The van der Waals surface area contributed by atoms with Crippen molar-refractivity contribution in [1.29, 1.82) is 0 Å². The van der Waals surface area contributed by atoms with E-state index in [4.69, 9.17) is 13.9 Å². The molecular formula is C27H27BrO4. The summed E-state index contributed by atoms with van der Waals surface area (Å²) in [5.41, 5.74) is 5.50. The van der Waals surface area contributed by atoms with Crippen LogP contribution in [0.15, 0.2) is 51.4 Å². The van der Waals surface area contributed by atoms with Crippen LogP contribution >= 0.6 is 15.9 Å². The van der Waals surface area contributed by atoms with Crippen LogP contribution in [0.4, 0.5) is 0 Å². The highest BCUT2D eigenvalue weighted by atomic mass is 79.9. The zero-order chi connectivity index (χ0) is 22.8. The highest BCUT2D eigenvalue weighted by Crippen LogP contribution is 2.43. The van der Waals surface area contributed by atoms with Crippen molar-refractivity contribution in [3.8, 4) is 16.9 Å². The second-order valence-corrected chi connectivity index (χ2v) is 8.81. The Morgan fingerprint density at radius 2 is 1.91 bits per heavy atom. The lowest BCUT2D eigenvalue weighted by Crippen LogP contribution is -2.06. The molecule has 5 heteroatoms. The van der Waals surface area contributed by atoms with Gasteiger partial charge in [-0.3, -0.25) is 4.79 Å². The van der Waals surface area contributed by atoms with Gasteiger partial charge in [-0.25, -0.2) is 0 Å². The molecule has 0 amide bonds. The van der Waals surface area contributed by atoms with Gasteiger partial charge in [0.15, 0.2) is 0 Å². The Kier molecular flexibility index (Phi) is 6.56. The molecule has 0 radical (unpaired) electrons. The summed E-state index contributed by atoms with van der Waals surface area (Å²) in [5, 5.41) is 3.51. The zero-order valence-corrected chi connectivity index (χ0v) is 20.5. The summed E-state index contributed by atoms with van der Waals surface area (Å²) in [6.07, 6.45) is 1.79. The molecule has 0 saturated carbocycles. The van der Waals surface area contributed by atoms with Crippen LogP contribution in [0, 0.1) is 13.8 Å². The van der Waals surface area contributed by atoms with Crippen LogP contribution in [0.25, 0.3) is 32.9 Å². The van der Waals surface area contributed by atoms with Crippen molar-refractivity contribution in [2.24, 2.45) is 0 Å². The first-order valence-corrected chi connectivity index (χ1v) is 11.7. The number of furan rings is 1. The average molecular weight is 495 g/mol. The first-order chi connectivity index (χ1) is 15.4. The maximum atomic E-state index is 11.4. The maximum absolute atomic E-state index is 11.4. The number of benzene rings is 3. The lowest BCUT2D eigenvalue weighted by molar-refractivity contribution is -0.140. The van der Waals surface area contributed by atoms with Crippen LogP contribution in [0.5, 0.6) is 5.75 Å². The van der Waals surface area contributed by atoms with Crippen LogP contribution < -0.4 is 4.74 Å². The van der Waals surface area contributed by atoms with E-state index in [1.165, 1.54) is 18.1 Å². The Morgan fingerprint density at radius 1 is 1.12 bits per heavy atom. The lowest BCUT2D eigenvalue weighted by Gasteiger charge is -2.16. The molecule has 0 aliphatic carbocycles. The fraction of sp³-hybridized carbons (Fsp3) is 0.296. The van der Waals surface area contributed by atoms with Gasteiger partial charge in [0.25, 0.3) is 0 Å². The summed E-state index contributed by atoms with van der Waals surface area (Å²) in [6, 6.07) is 14.9. The third kappa shape index (κ3) is 4.14. The second-order valence-electron chi connectivity index (χ2n) is 7.96. The molecule has 4 nitrogen and oxygen atoms in total. The summed E-state index contributed by atoms with van der Waals surface area (Å²) >= 11 is 3.74. The fourth-order valence-electron chi connectivity index (χ4n) is 4.20. The highest BCUT2D eigenvalue weighted by molar-refractivity contribution is 9.10. The number of ether oxygens (including phenoxy) is 2. The number of esters is 1. The number of hydrogen-bond donors (Lipinski definition) is 0. The standard InChI is InChI=1S/C27H27BrO4/c1-5-18-13-20(14-22(28)27(18)31-12-8-11-24(29)30-4)26-21-10-7-6-9-19(21)15-23-25(26)16(2)17(3)32-23/h6-7,9-10,13-15H,5,8,11-12H2,1-4H3. The Bertz CT molecular complexity index is 1300. The van der Waals surface area contributed by atoms with E-state index in [-0.39, 0.29) is 5.97 Å². The third-order valence-corrected chi connectivity index (χ3v) is 6.56. The van der Waals surface area contributed by atoms with E-state index in [0.29, 0.717) is 19.4 Å². The summed E-state index contributed by atoms with van der Waals surface area (Å²) in [7, 11) is 1.40. The quantitative estimate of drug-likeness (QED) is 0.197. The number of fused-ring (bicyclic) bond motifs is 2.